The summed E-state index contributed by atoms with van der Waals surface area (Å²) in [4.78, 5) is 8.57. The first-order valence-electron chi connectivity index (χ1n) is 9.35. The minimum absolute atomic E-state index is 0.614. The minimum Gasteiger partial charge on any atom is -0.497 e. The largest absolute Gasteiger partial charge is 0.497 e. The highest BCUT2D eigenvalue weighted by atomic mass is 16.5. The van der Waals surface area contributed by atoms with Crippen LogP contribution < -0.4 is 24.8 Å². The molecule has 3 rings (SSSR count). The highest BCUT2D eigenvalue weighted by molar-refractivity contribution is 5.48. The van der Waals surface area contributed by atoms with Gasteiger partial charge in [0.05, 0.1) is 21.3 Å². The molecule has 7 heteroatoms. The van der Waals surface area contributed by atoms with E-state index >= 15 is 0 Å². The lowest BCUT2D eigenvalue weighted by Gasteiger charge is -2.11. The average molecular weight is 394 g/mol. The van der Waals surface area contributed by atoms with Gasteiger partial charge in [-0.05, 0) is 41.8 Å². The van der Waals surface area contributed by atoms with Crippen molar-refractivity contribution in [2.45, 2.75) is 13.0 Å². The molecule has 0 amide bonds. The van der Waals surface area contributed by atoms with Crippen LogP contribution in [0.5, 0.6) is 17.2 Å². The Morgan fingerprint density at radius 1 is 0.724 bits per heavy atom. The maximum atomic E-state index is 5.35. The van der Waals surface area contributed by atoms with Gasteiger partial charge in [0.2, 0.25) is 0 Å². The van der Waals surface area contributed by atoms with Crippen LogP contribution in [0, 0.1) is 0 Å². The molecule has 0 aliphatic heterocycles. The van der Waals surface area contributed by atoms with Gasteiger partial charge in [-0.25, -0.2) is 9.97 Å². The van der Waals surface area contributed by atoms with Gasteiger partial charge < -0.3 is 24.8 Å². The molecule has 0 spiro atoms. The number of nitrogens with zero attached hydrogens (tertiary/aromatic N) is 2. The number of nitrogens with one attached hydrogen (secondary N) is 2. The summed E-state index contributed by atoms with van der Waals surface area (Å²) in [5.41, 5.74) is 2.30. The van der Waals surface area contributed by atoms with E-state index in [4.69, 9.17) is 14.2 Å². The number of hydrogen-bond donors (Lipinski definition) is 2. The number of methoxy groups -OCH3 is 3. The van der Waals surface area contributed by atoms with Crippen LogP contribution in [-0.2, 0) is 13.0 Å². The van der Waals surface area contributed by atoms with Crippen molar-refractivity contribution in [3.8, 4) is 17.2 Å². The summed E-state index contributed by atoms with van der Waals surface area (Å²) in [5, 5.41) is 6.64. The second-order valence-electron chi connectivity index (χ2n) is 6.36. The molecule has 0 bridgehead atoms. The summed E-state index contributed by atoms with van der Waals surface area (Å²) in [5.74, 6) is 3.81. The van der Waals surface area contributed by atoms with E-state index in [1.807, 2.05) is 36.4 Å². The monoisotopic (exact) mass is 394 g/mol. The van der Waals surface area contributed by atoms with Gasteiger partial charge in [-0.1, -0.05) is 18.2 Å². The quantitative estimate of drug-likeness (QED) is 0.542. The first kappa shape index (κ1) is 20.3. The molecule has 152 valence electrons. The molecule has 0 unspecified atom stereocenters. The van der Waals surface area contributed by atoms with E-state index in [0.29, 0.717) is 18.0 Å². The van der Waals surface area contributed by atoms with Crippen molar-refractivity contribution in [1.29, 1.82) is 0 Å². The average Bonchev–Trinajstić information content (AvgIpc) is 2.78. The number of benzene rings is 2. The van der Waals surface area contributed by atoms with Crippen molar-refractivity contribution >= 4 is 11.6 Å². The van der Waals surface area contributed by atoms with Gasteiger partial charge in [-0.2, -0.15) is 0 Å². The fraction of sp³-hybridized carbons (Fsp3) is 0.273. The smallest absolute Gasteiger partial charge is 0.161 e. The fourth-order valence-electron chi connectivity index (χ4n) is 2.86. The fourth-order valence-corrected chi connectivity index (χ4v) is 2.86. The highest BCUT2D eigenvalue weighted by Gasteiger charge is 2.05. The van der Waals surface area contributed by atoms with Crippen molar-refractivity contribution in [3.05, 3.63) is 66.0 Å². The summed E-state index contributed by atoms with van der Waals surface area (Å²) in [6.45, 7) is 1.39. The molecule has 2 aromatic carbocycles. The standard InChI is InChI=1S/C22H26N4O3/c1-27-18-7-4-16(5-8-18)10-11-23-21-13-22(26-15-25-21)24-14-17-6-9-19(28-2)20(12-17)29-3/h4-9,12-13,15H,10-11,14H2,1-3H3,(H2,23,24,25,26). The second-order valence-corrected chi connectivity index (χ2v) is 6.36. The first-order valence-corrected chi connectivity index (χ1v) is 9.35. The van der Waals surface area contributed by atoms with Crippen LogP contribution in [0.3, 0.4) is 0 Å². The predicted octanol–water partition coefficient (Wildman–Crippen LogP) is 3.77. The molecule has 2 N–H and O–H groups in total. The van der Waals surface area contributed by atoms with E-state index < -0.39 is 0 Å². The summed E-state index contributed by atoms with van der Waals surface area (Å²) in [6.07, 6.45) is 2.44. The third-order valence-corrected chi connectivity index (χ3v) is 4.47. The zero-order chi connectivity index (χ0) is 20.5. The Kier molecular flexibility index (Phi) is 7.10. The van der Waals surface area contributed by atoms with Gasteiger partial charge >= 0.3 is 0 Å². The lowest BCUT2D eigenvalue weighted by molar-refractivity contribution is 0.354. The van der Waals surface area contributed by atoms with Crippen molar-refractivity contribution in [2.24, 2.45) is 0 Å². The first-order chi connectivity index (χ1) is 14.2. The molecule has 0 saturated heterocycles. The van der Waals surface area contributed by atoms with Crippen LogP contribution in [0.4, 0.5) is 11.6 Å². The highest BCUT2D eigenvalue weighted by Crippen LogP contribution is 2.27. The van der Waals surface area contributed by atoms with Crippen molar-refractivity contribution in [1.82, 2.24) is 9.97 Å². The van der Waals surface area contributed by atoms with Crippen LogP contribution in [0.15, 0.2) is 54.9 Å². The lowest BCUT2D eigenvalue weighted by Crippen LogP contribution is -2.08. The van der Waals surface area contributed by atoms with E-state index in [-0.39, 0.29) is 0 Å². The van der Waals surface area contributed by atoms with Crippen LogP contribution in [0.1, 0.15) is 11.1 Å². The molecule has 29 heavy (non-hydrogen) atoms. The molecule has 7 nitrogen and oxygen atoms in total. The lowest BCUT2D eigenvalue weighted by atomic mass is 10.1. The van der Waals surface area contributed by atoms with E-state index in [0.717, 1.165) is 35.9 Å². The van der Waals surface area contributed by atoms with Crippen LogP contribution in [-0.4, -0.2) is 37.8 Å². The number of anilines is 2. The number of ether oxygens (including phenoxy) is 3. The van der Waals surface area contributed by atoms with Crippen molar-refractivity contribution in [3.63, 3.8) is 0 Å². The Labute approximate surface area is 171 Å². The van der Waals surface area contributed by atoms with Gasteiger partial charge in [-0.3, -0.25) is 0 Å². The maximum Gasteiger partial charge on any atom is 0.161 e. The van der Waals surface area contributed by atoms with Gasteiger partial charge in [0, 0.05) is 19.2 Å². The molecule has 1 aromatic heterocycles. The number of rotatable bonds is 10. The Bertz CT molecular complexity index is 916. The van der Waals surface area contributed by atoms with E-state index in [1.165, 1.54) is 5.56 Å². The predicted molar refractivity (Wildman–Crippen MR) is 114 cm³/mol. The molecule has 0 saturated carbocycles. The summed E-state index contributed by atoms with van der Waals surface area (Å²) in [7, 11) is 4.92. The Morgan fingerprint density at radius 2 is 1.41 bits per heavy atom. The normalized spacial score (nSPS) is 10.3. The Balaban J connectivity index is 1.52. The third-order valence-electron chi connectivity index (χ3n) is 4.47. The third kappa shape index (κ3) is 5.75. The molecule has 0 radical (unpaired) electrons. The zero-order valence-electron chi connectivity index (χ0n) is 16.9. The maximum absolute atomic E-state index is 5.35. The zero-order valence-corrected chi connectivity index (χ0v) is 16.9. The SMILES string of the molecule is COc1ccc(CCNc2cc(NCc3ccc(OC)c(OC)c3)ncn2)cc1. The molecular weight excluding hydrogens is 368 g/mol. The van der Waals surface area contributed by atoms with Gasteiger partial charge in [0.25, 0.3) is 0 Å². The van der Waals surface area contributed by atoms with Gasteiger partial charge in [0.15, 0.2) is 11.5 Å². The van der Waals surface area contributed by atoms with Crippen molar-refractivity contribution in [2.75, 3.05) is 38.5 Å². The van der Waals surface area contributed by atoms with Crippen LogP contribution in [0.2, 0.25) is 0 Å². The molecule has 1 heterocycles. The molecule has 0 aliphatic rings. The summed E-state index contributed by atoms with van der Waals surface area (Å²) in [6, 6.07) is 15.8. The molecule has 3 aromatic rings. The molecule has 0 aliphatic carbocycles. The Morgan fingerprint density at radius 3 is 2.10 bits per heavy atom. The number of aromatic nitrogens is 2. The minimum atomic E-state index is 0.614. The van der Waals surface area contributed by atoms with E-state index in [9.17, 15) is 0 Å². The Hall–Kier alpha value is -3.48. The van der Waals surface area contributed by atoms with Crippen LogP contribution in [0.25, 0.3) is 0 Å². The molecular formula is C22H26N4O3. The topological polar surface area (TPSA) is 77.5 Å². The molecule has 0 atom stereocenters. The van der Waals surface area contributed by atoms with Gasteiger partial charge in [0.1, 0.15) is 23.7 Å². The molecule has 0 fully saturated rings. The van der Waals surface area contributed by atoms with Gasteiger partial charge in [-0.15, -0.1) is 0 Å². The summed E-state index contributed by atoms with van der Waals surface area (Å²) < 4.78 is 15.8. The summed E-state index contributed by atoms with van der Waals surface area (Å²) >= 11 is 0. The second kappa shape index (κ2) is 10.2. The number of hydrogen-bond acceptors (Lipinski definition) is 7. The van der Waals surface area contributed by atoms with E-state index in [1.54, 1.807) is 27.7 Å². The van der Waals surface area contributed by atoms with Crippen molar-refractivity contribution < 1.29 is 14.2 Å². The van der Waals surface area contributed by atoms with E-state index in [2.05, 4.69) is 32.7 Å². The van der Waals surface area contributed by atoms with Crippen LogP contribution >= 0.6 is 0 Å².